The third-order valence-electron chi connectivity index (χ3n) is 2.22. The maximum absolute atomic E-state index is 11.6. The molecule has 1 unspecified atom stereocenters. The van der Waals surface area contributed by atoms with Crippen LogP contribution >= 0.6 is 31.9 Å². The molecule has 94 valence electrons. The highest BCUT2D eigenvalue weighted by molar-refractivity contribution is 9.11. The van der Waals surface area contributed by atoms with Crippen LogP contribution in [0.15, 0.2) is 21.2 Å². The van der Waals surface area contributed by atoms with Gasteiger partial charge in [0.1, 0.15) is 11.9 Å². The van der Waals surface area contributed by atoms with E-state index in [2.05, 4.69) is 42.2 Å². The molecule has 1 rings (SSSR count). The maximum atomic E-state index is 11.6. The Kier molecular flexibility index (Phi) is 5.39. The number of carbonyl (C=O) groups is 1. The first-order valence-electron chi connectivity index (χ1n) is 5.11. The first-order chi connectivity index (χ1) is 7.95. The molecule has 0 aliphatic rings. The molecule has 1 aromatic rings. The van der Waals surface area contributed by atoms with Gasteiger partial charge in [-0.25, -0.2) is 9.78 Å². The number of anilines is 1. The minimum Gasteiger partial charge on any atom is -0.467 e. The number of halogens is 2. The smallest absolute Gasteiger partial charge is 0.328 e. The van der Waals surface area contributed by atoms with Crippen molar-refractivity contribution in [2.24, 2.45) is 5.92 Å². The Hall–Kier alpha value is -0.620. The van der Waals surface area contributed by atoms with E-state index in [1.165, 1.54) is 7.11 Å². The Balaban J connectivity index is 2.90. The lowest BCUT2D eigenvalue weighted by Gasteiger charge is -2.20. The quantitative estimate of drug-likeness (QED) is 0.832. The van der Waals surface area contributed by atoms with Crippen LogP contribution < -0.4 is 5.32 Å². The van der Waals surface area contributed by atoms with Gasteiger partial charge in [-0.15, -0.1) is 0 Å². The van der Waals surface area contributed by atoms with Crippen LogP contribution in [0.3, 0.4) is 0 Å². The largest absolute Gasteiger partial charge is 0.467 e. The molecule has 1 atom stereocenters. The number of nitrogens with zero attached hydrogens (tertiary/aromatic N) is 1. The number of methoxy groups -OCH3 is 1. The lowest BCUT2D eigenvalue weighted by molar-refractivity contribution is -0.142. The first kappa shape index (κ1) is 14.4. The number of esters is 1. The maximum Gasteiger partial charge on any atom is 0.328 e. The molecule has 0 aliphatic carbocycles. The number of hydrogen-bond acceptors (Lipinski definition) is 4. The number of carbonyl (C=O) groups excluding carboxylic acids is 1. The molecule has 0 aromatic carbocycles. The summed E-state index contributed by atoms with van der Waals surface area (Å²) >= 11 is 6.71. The van der Waals surface area contributed by atoms with Gasteiger partial charge in [0.25, 0.3) is 0 Å². The van der Waals surface area contributed by atoms with E-state index in [9.17, 15) is 4.79 Å². The fraction of sp³-hybridized carbons (Fsp3) is 0.455. The van der Waals surface area contributed by atoms with Crippen molar-refractivity contribution in [1.82, 2.24) is 4.98 Å². The molecule has 1 N–H and O–H groups in total. The third kappa shape index (κ3) is 3.96. The second-order valence-electron chi connectivity index (χ2n) is 3.87. The molecule has 17 heavy (non-hydrogen) atoms. The molecule has 0 spiro atoms. The van der Waals surface area contributed by atoms with E-state index < -0.39 is 6.04 Å². The number of hydrogen-bond donors (Lipinski definition) is 1. The van der Waals surface area contributed by atoms with Gasteiger partial charge >= 0.3 is 5.97 Å². The standard InChI is InChI=1S/C11H14Br2N2O2/c1-6(2)9(11(16)17-3)15-10-8(13)4-7(12)5-14-10/h4-6,9H,1-3H3,(H,14,15). The number of ether oxygens (including phenoxy) is 1. The van der Waals surface area contributed by atoms with Crippen LogP contribution in [0.1, 0.15) is 13.8 Å². The Labute approximate surface area is 117 Å². The van der Waals surface area contributed by atoms with E-state index in [0.717, 1.165) is 8.95 Å². The summed E-state index contributed by atoms with van der Waals surface area (Å²) in [6, 6.07) is 1.45. The SMILES string of the molecule is COC(=O)C(Nc1ncc(Br)cc1Br)C(C)C. The molecule has 0 radical (unpaired) electrons. The van der Waals surface area contributed by atoms with Gasteiger partial charge in [0.05, 0.1) is 11.6 Å². The highest BCUT2D eigenvalue weighted by Crippen LogP contribution is 2.25. The molecule has 4 nitrogen and oxygen atoms in total. The van der Waals surface area contributed by atoms with Gasteiger partial charge in [-0.2, -0.15) is 0 Å². The van der Waals surface area contributed by atoms with Crippen LogP contribution in [-0.2, 0) is 9.53 Å². The summed E-state index contributed by atoms with van der Waals surface area (Å²) in [6.07, 6.45) is 1.67. The zero-order chi connectivity index (χ0) is 13.0. The van der Waals surface area contributed by atoms with Crippen molar-refractivity contribution in [3.8, 4) is 0 Å². The average molecular weight is 366 g/mol. The van der Waals surface area contributed by atoms with Gasteiger partial charge in [0.2, 0.25) is 0 Å². The Bertz CT molecular complexity index is 410. The van der Waals surface area contributed by atoms with Crippen molar-refractivity contribution in [2.45, 2.75) is 19.9 Å². The lowest BCUT2D eigenvalue weighted by atomic mass is 10.0. The number of pyridine rings is 1. The molecule has 6 heteroatoms. The van der Waals surface area contributed by atoms with Crippen molar-refractivity contribution in [3.63, 3.8) is 0 Å². The fourth-order valence-electron chi connectivity index (χ4n) is 1.29. The second-order valence-corrected chi connectivity index (χ2v) is 5.64. The van der Waals surface area contributed by atoms with Gasteiger partial charge in [-0.1, -0.05) is 13.8 Å². The summed E-state index contributed by atoms with van der Waals surface area (Å²) in [5.41, 5.74) is 0. The Morgan fingerprint density at radius 2 is 2.12 bits per heavy atom. The van der Waals surface area contributed by atoms with Crippen molar-refractivity contribution < 1.29 is 9.53 Å². The summed E-state index contributed by atoms with van der Waals surface area (Å²) in [7, 11) is 1.38. The van der Waals surface area contributed by atoms with E-state index in [0.29, 0.717) is 5.82 Å². The highest BCUT2D eigenvalue weighted by atomic mass is 79.9. The molecule has 1 heterocycles. The van der Waals surface area contributed by atoms with Gasteiger partial charge in [0, 0.05) is 10.7 Å². The summed E-state index contributed by atoms with van der Waals surface area (Å²) in [6.45, 7) is 3.89. The predicted octanol–water partition coefficient (Wildman–Crippen LogP) is 3.22. The Morgan fingerprint density at radius 3 is 2.59 bits per heavy atom. The number of aromatic nitrogens is 1. The normalized spacial score (nSPS) is 12.4. The number of nitrogens with one attached hydrogen (secondary N) is 1. The zero-order valence-electron chi connectivity index (χ0n) is 9.83. The van der Waals surface area contributed by atoms with Gasteiger partial charge in [-0.3, -0.25) is 0 Å². The van der Waals surface area contributed by atoms with E-state index in [4.69, 9.17) is 4.74 Å². The van der Waals surface area contributed by atoms with Crippen LogP contribution in [0.4, 0.5) is 5.82 Å². The fourth-order valence-corrected chi connectivity index (χ4v) is 2.39. The minimum absolute atomic E-state index is 0.111. The van der Waals surface area contributed by atoms with Crippen LogP contribution in [-0.4, -0.2) is 24.1 Å². The van der Waals surface area contributed by atoms with Crippen LogP contribution in [0.5, 0.6) is 0 Å². The zero-order valence-corrected chi connectivity index (χ0v) is 13.0. The van der Waals surface area contributed by atoms with Crippen LogP contribution in [0, 0.1) is 5.92 Å². The van der Waals surface area contributed by atoms with Crippen molar-refractivity contribution in [1.29, 1.82) is 0 Å². The van der Waals surface area contributed by atoms with Crippen molar-refractivity contribution >= 4 is 43.6 Å². The molecule has 0 amide bonds. The van der Waals surface area contributed by atoms with E-state index in [-0.39, 0.29) is 11.9 Å². The highest BCUT2D eigenvalue weighted by Gasteiger charge is 2.23. The minimum atomic E-state index is -0.412. The summed E-state index contributed by atoms with van der Waals surface area (Å²) in [4.78, 5) is 15.8. The first-order valence-corrected chi connectivity index (χ1v) is 6.69. The average Bonchev–Trinajstić information content (AvgIpc) is 2.26. The van der Waals surface area contributed by atoms with E-state index in [1.54, 1.807) is 6.20 Å². The second kappa shape index (κ2) is 6.35. The molecule has 1 aromatic heterocycles. The van der Waals surface area contributed by atoms with Gasteiger partial charge in [0.15, 0.2) is 0 Å². The summed E-state index contributed by atoms with van der Waals surface area (Å²) in [5.74, 6) is 0.439. The third-order valence-corrected chi connectivity index (χ3v) is 3.26. The van der Waals surface area contributed by atoms with E-state index >= 15 is 0 Å². The molecule has 0 bridgehead atoms. The topological polar surface area (TPSA) is 51.2 Å². The predicted molar refractivity (Wildman–Crippen MR) is 73.9 cm³/mol. The van der Waals surface area contributed by atoms with Crippen molar-refractivity contribution in [3.05, 3.63) is 21.2 Å². The number of rotatable bonds is 4. The lowest BCUT2D eigenvalue weighted by Crippen LogP contribution is -2.35. The van der Waals surface area contributed by atoms with E-state index in [1.807, 2.05) is 19.9 Å². The van der Waals surface area contributed by atoms with Gasteiger partial charge < -0.3 is 10.1 Å². The molecule has 0 saturated carbocycles. The molecular formula is C11H14Br2N2O2. The van der Waals surface area contributed by atoms with Gasteiger partial charge in [-0.05, 0) is 43.8 Å². The molecule has 0 aliphatic heterocycles. The van der Waals surface area contributed by atoms with Crippen LogP contribution in [0.2, 0.25) is 0 Å². The molecule has 0 saturated heterocycles. The monoisotopic (exact) mass is 364 g/mol. The van der Waals surface area contributed by atoms with Crippen LogP contribution in [0.25, 0.3) is 0 Å². The van der Waals surface area contributed by atoms with Crippen molar-refractivity contribution in [2.75, 3.05) is 12.4 Å². The summed E-state index contributed by atoms with van der Waals surface area (Å²) < 4.78 is 6.42. The summed E-state index contributed by atoms with van der Waals surface area (Å²) in [5, 5.41) is 3.07. The molecule has 0 fully saturated rings. The Morgan fingerprint density at radius 1 is 1.47 bits per heavy atom. The molecular weight excluding hydrogens is 352 g/mol.